The fourth-order valence-electron chi connectivity index (χ4n) is 3.29. The van der Waals surface area contributed by atoms with Crippen molar-refractivity contribution in [2.45, 2.75) is 19.9 Å². The second-order valence-corrected chi connectivity index (χ2v) is 6.76. The van der Waals surface area contributed by atoms with Crippen molar-refractivity contribution >= 4 is 16.7 Å². The van der Waals surface area contributed by atoms with E-state index in [9.17, 15) is 0 Å². The highest BCUT2D eigenvalue weighted by atomic mass is 16.5. The number of aromatic nitrogens is 3. The zero-order valence-electron chi connectivity index (χ0n) is 16.2. The Morgan fingerprint density at radius 1 is 0.964 bits per heavy atom. The lowest BCUT2D eigenvalue weighted by molar-refractivity contribution is 0.408. The average Bonchev–Trinajstić information content (AvgIpc) is 2.74. The zero-order chi connectivity index (χ0) is 19.5. The summed E-state index contributed by atoms with van der Waals surface area (Å²) in [7, 11) is 1.70. The summed E-state index contributed by atoms with van der Waals surface area (Å²) in [6, 6.07) is 18.1. The first-order valence-electron chi connectivity index (χ1n) is 9.24. The normalized spacial score (nSPS) is 12.0. The molecular formula is C23H22N4O. The van der Waals surface area contributed by atoms with Crippen LogP contribution in [0.2, 0.25) is 0 Å². The Labute approximate surface area is 164 Å². The number of methoxy groups -OCH3 is 1. The molecule has 1 N–H and O–H groups in total. The number of benzene rings is 2. The van der Waals surface area contributed by atoms with Crippen molar-refractivity contribution in [1.29, 1.82) is 0 Å². The average molecular weight is 370 g/mol. The first-order valence-corrected chi connectivity index (χ1v) is 9.24. The largest absolute Gasteiger partial charge is 0.496 e. The summed E-state index contributed by atoms with van der Waals surface area (Å²) in [6.07, 6.45) is 3.50. The van der Waals surface area contributed by atoms with E-state index >= 15 is 0 Å². The van der Waals surface area contributed by atoms with E-state index in [1.165, 1.54) is 5.56 Å². The van der Waals surface area contributed by atoms with Gasteiger partial charge in [0.05, 0.1) is 18.7 Å². The van der Waals surface area contributed by atoms with Gasteiger partial charge in [0.25, 0.3) is 0 Å². The molecule has 2 aromatic heterocycles. The molecule has 140 valence electrons. The molecule has 0 saturated carbocycles. The smallest absolute Gasteiger partial charge is 0.162 e. The third-order valence-corrected chi connectivity index (χ3v) is 4.75. The number of anilines is 1. The number of fused-ring (bicyclic) bond motifs is 1. The van der Waals surface area contributed by atoms with E-state index in [1.54, 1.807) is 19.5 Å². The topological polar surface area (TPSA) is 59.9 Å². The predicted molar refractivity (Wildman–Crippen MR) is 113 cm³/mol. The van der Waals surface area contributed by atoms with E-state index in [1.807, 2.05) is 42.5 Å². The molecule has 0 saturated heterocycles. The van der Waals surface area contributed by atoms with Gasteiger partial charge in [-0.1, -0.05) is 29.8 Å². The highest BCUT2D eigenvalue weighted by molar-refractivity contribution is 5.90. The van der Waals surface area contributed by atoms with Crippen LogP contribution in [0.3, 0.4) is 0 Å². The summed E-state index contributed by atoms with van der Waals surface area (Å²) in [4.78, 5) is 13.6. The number of nitrogens with one attached hydrogen (secondary N) is 1. The highest BCUT2D eigenvalue weighted by Gasteiger charge is 2.15. The molecule has 0 radical (unpaired) electrons. The molecular weight excluding hydrogens is 348 g/mol. The van der Waals surface area contributed by atoms with Crippen molar-refractivity contribution in [3.05, 3.63) is 78.1 Å². The number of nitrogens with zero attached hydrogens (tertiary/aromatic N) is 3. The van der Waals surface area contributed by atoms with E-state index in [4.69, 9.17) is 14.7 Å². The third-order valence-electron chi connectivity index (χ3n) is 4.75. The van der Waals surface area contributed by atoms with E-state index in [0.717, 1.165) is 33.6 Å². The molecule has 0 unspecified atom stereocenters. The van der Waals surface area contributed by atoms with Crippen LogP contribution in [-0.2, 0) is 0 Å². The van der Waals surface area contributed by atoms with Crippen LogP contribution in [0, 0.1) is 6.92 Å². The van der Waals surface area contributed by atoms with Gasteiger partial charge in [-0.3, -0.25) is 4.98 Å². The standard InChI is InChI=1S/C23H22N4O/c1-15-8-9-21(28-3)19(14-15)16(2)25-23-18-6-4-5-7-20(18)26-22(27-23)17-10-12-24-13-11-17/h4-14,16H,1-3H3,(H,25,26,27)/t16-/m0/s1. The summed E-state index contributed by atoms with van der Waals surface area (Å²) in [6.45, 7) is 4.19. The number of rotatable bonds is 5. The molecule has 5 heteroatoms. The van der Waals surface area contributed by atoms with Crippen LogP contribution >= 0.6 is 0 Å². The first-order chi connectivity index (χ1) is 13.7. The molecule has 2 heterocycles. The third kappa shape index (κ3) is 3.51. The summed E-state index contributed by atoms with van der Waals surface area (Å²) in [5, 5.41) is 4.55. The van der Waals surface area contributed by atoms with Crippen molar-refractivity contribution in [3.8, 4) is 17.1 Å². The van der Waals surface area contributed by atoms with Crippen molar-refractivity contribution in [1.82, 2.24) is 15.0 Å². The Bertz CT molecular complexity index is 1110. The maximum absolute atomic E-state index is 5.56. The van der Waals surface area contributed by atoms with Crippen molar-refractivity contribution < 1.29 is 4.74 Å². The SMILES string of the molecule is COc1ccc(C)cc1[C@H](C)Nc1nc(-c2ccncc2)nc2ccccc12. The van der Waals surface area contributed by atoms with Crippen LogP contribution < -0.4 is 10.1 Å². The van der Waals surface area contributed by atoms with Gasteiger partial charge in [-0.15, -0.1) is 0 Å². The van der Waals surface area contributed by atoms with Crippen LogP contribution in [0.5, 0.6) is 5.75 Å². The monoisotopic (exact) mass is 370 g/mol. The van der Waals surface area contributed by atoms with Crippen molar-refractivity contribution in [2.75, 3.05) is 12.4 Å². The lowest BCUT2D eigenvalue weighted by Crippen LogP contribution is -2.11. The van der Waals surface area contributed by atoms with Gasteiger partial charge < -0.3 is 10.1 Å². The molecule has 2 aromatic carbocycles. The Morgan fingerprint density at radius 3 is 2.54 bits per heavy atom. The molecule has 0 aliphatic carbocycles. The van der Waals surface area contributed by atoms with E-state index in [-0.39, 0.29) is 6.04 Å². The minimum absolute atomic E-state index is 0.0125. The van der Waals surface area contributed by atoms with E-state index in [0.29, 0.717) is 5.82 Å². The van der Waals surface area contributed by atoms with Gasteiger partial charge in [-0.25, -0.2) is 9.97 Å². The second kappa shape index (κ2) is 7.64. The van der Waals surface area contributed by atoms with Gasteiger partial charge in [0.1, 0.15) is 11.6 Å². The Kier molecular flexibility index (Phi) is 4.89. The van der Waals surface area contributed by atoms with Crippen LogP contribution in [0.25, 0.3) is 22.3 Å². The molecule has 1 atom stereocenters. The molecule has 0 aliphatic rings. The number of aryl methyl sites for hydroxylation is 1. The van der Waals surface area contributed by atoms with Crippen molar-refractivity contribution in [3.63, 3.8) is 0 Å². The quantitative estimate of drug-likeness (QED) is 0.524. The zero-order valence-corrected chi connectivity index (χ0v) is 16.2. The Hall–Kier alpha value is -3.47. The second-order valence-electron chi connectivity index (χ2n) is 6.76. The molecule has 0 bridgehead atoms. The molecule has 4 aromatic rings. The Morgan fingerprint density at radius 2 is 1.75 bits per heavy atom. The van der Waals surface area contributed by atoms with Crippen LogP contribution in [0.4, 0.5) is 5.82 Å². The summed E-state index contributed by atoms with van der Waals surface area (Å²) < 4.78 is 5.56. The molecule has 28 heavy (non-hydrogen) atoms. The van der Waals surface area contributed by atoms with Crippen LogP contribution in [-0.4, -0.2) is 22.1 Å². The molecule has 0 spiro atoms. The number of hydrogen-bond donors (Lipinski definition) is 1. The number of pyridine rings is 1. The summed E-state index contributed by atoms with van der Waals surface area (Å²) >= 11 is 0. The van der Waals surface area contributed by atoms with Gasteiger partial charge in [-0.05, 0) is 44.2 Å². The van der Waals surface area contributed by atoms with Crippen LogP contribution in [0.15, 0.2) is 67.0 Å². The first kappa shape index (κ1) is 17.9. The van der Waals surface area contributed by atoms with Gasteiger partial charge in [-0.2, -0.15) is 0 Å². The fourth-order valence-corrected chi connectivity index (χ4v) is 3.29. The number of hydrogen-bond acceptors (Lipinski definition) is 5. The highest BCUT2D eigenvalue weighted by Crippen LogP contribution is 2.31. The summed E-state index contributed by atoms with van der Waals surface area (Å²) in [5.41, 5.74) is 4.12. The Balaban J connectivity index is 1.79. The van der Waals surface area contributed by atoms with Gasteiger partial charge in [0.2, 0.25) is 0 Å². The van der Waals surface area contributed by atoms with Gasteiger partial charge in [0, 0.05) is 28.9 Å². The van der Waals surface area contributed by atoms with E-state index < -0.39 is 0 Å². The fraction of sp³-hybridized carbons (Fsp3) is 0.174. The summed E-state index contributed by atoms with van der Waals surface area (Å²) in [5.74, 6) is 2.33. The maximum atomic E-state index is 5.56. The number of ether oxygens (including phenoxy) is 1. The molecule has 5 nitrogen and oxygen atoms in total. The minimum Gasteiger partial charge on any atom is -0.496 e. The minimum atomic E-state index is 0.0125. The molecule has 0 aliphatic heterocycles. The predicted octanol–water partition coefficient (Wildman–Crippen LogP) is 5.18. The molecule has 0 fully saturated rings. The lowest BCUT2D eigenvalue weighted by atomic mass is 10.0. The maximum Gasteiger partial charge on any atom is 0.162 e. The molecule has 4 rings (SSSR count). The van der Waals surface area contributed by atoms with Gasteiger partial charge in [0.15, 0.2) is 5.82 Å². The van der Waals surface area contributed by atoms with Gasteiger partial charge >= 0.3 is 0 Å². The van der Waals surface area contributed by atoms with Crippen molar-refractivity contribution in [2.24, 2.45) is 0 Å². The van der Waals surface area contributed by atoms with E-state index in [2.05, 4.69) is 36.3 Å². The lowest BCUT2D eigenvalue weighted by Gasteiger charge is -2.20. The number of para-hydroxylation sites is 1. The van der Waals surface area contributed by atoms with Crippen LogP contribution in [0.1, 0.15) is 24.1 Å². The molecule has 0 amide bonds.